The average molecular weight is 547 g/mol. The summed E-state index contributed by atoms with van der Waals surface area (Å²) in [5.41, 5.74) is -0.924. The first-order chi connectivity index (χ1) is 10.8. The minimum atomic E-state index is -1.25. The van der Waals surface area contributed by atoms with E-state index in [1.807, 2.05) is 22.6 Å². The summed E-state index contributed by atoms with van der Waals surface area (Å²) >= 11 is 3.70. The van der Waals surface area contributed by atoms with E-state index in [9.17, 15) is 18.3 Å². The van der Waals surface area contributed by atoms with Gasteiger partial charge in [0.25, 0.3) is 0 Å². The summed E-state index contributed by atoms with van der Waals surface area (Å²) < 4.78 is 41.4. The lowest BCUT2D eigenvalue weighted by molar-refractivity contribution is 0.138. The fourth-order valence-corrected chi connectivity index (χ4v) is 3.70. The van der Waals surface area contributed by atoms with E-state index in [0.29, 0.717) is 16.4 Å². The number of aliphatic hydroxyl groups is 1. The molecule has 1 unspecified atom stereocenters. The molecule has 0 aliphatic heterocycles. The molecule has 1 fully saturated rings. The van der Waals surface area contributed by atoms with Gasteiger partial charge in [-0.05, 0) is 64.1 Å². The molecule has 0 spiro atoms. The predicted octanol–water partition coefficient (Wildman–Crippen LogP) is 3.78. The lowest BCUT2D eigenvalue weighted by atomic mass is 10.0. The zero-order valence-corrected chi connectivity index (χ0v) is 15.8. The molecule has 1 aliphatic rings. The second-order valence-corrected chi connectivity index (χ2v) is 7.72. The van der Waals surface area contributed by atoms with Crippen molar-refractivity contribution in [3.63, 3.8) is 0 Å². The maximum atomic E-state index is 14.0. The molecule has 9 heteroatoms. The minimum Gasteiger partial charge on any atom is -0.386 e. The summed E-state index contributed by atoms with van der Waals surface area (Å²) in [6, 6.07) is 3.95. The van der Waals surface area contributed by atoms with Crippen molar-refractivity contribution in [1.82, 2.24) is 9.97 Å². The van der Waals surface area contributed by atoms with Crippen molar-refractivity contribution in [2.75, 3.05) is 5.32 Å². The molecule has 0 amide bonds. The van der Waals surface area contributed by atoms with Crippen LogP contribution in [0.15, 0.2) is 18.2 Å². The molecule has 1 saturated carbocycles. The number of pyridine rings is 2. The smallest absolute Gasteiger partial charge is 0.222 e. The Kier molecular flexibility index (Phi) is 4.71. The van der Waals surface area contributed by atoms with Gasteiger partial charge in [-0.15, -0.1) is 0 Å². The van der Waals surface area contributed by atoms with E-state index in [1.54, 1.807) is 28.7 Å². The van der Waals surface area contributed by atoms with E-state index in [2.05, 4.69) is 15.3 Å². The summed E-state index contributed by atoms with van der Waals surface area (Å²) in [6.07, 6.45) is -0.142. The first-order valence-electron chi connectivity index (χ1n) is 6.61. The Morgan fingerprint density at radius 1 is 1.09 bits per heavy atom. The van der Waals surface area contributed by atoms with Gasteiger partial charge in [0.1, 0.15) is 11.9 Å². The van der Waals surface area contributed by atoms with Crippen LogP contribution in [-0.2, 0) is 0 Å². The van der Waals surface area contributed by atoms with Gasteiger partial charge in [-0.3, -0.25) is 0 Å². The Bertz CT molecular complexity index is 728. The highest BCUT2D eigenvalue weighted by atomic mass is 127. The number of aromatic nitrogens is 2. The Morgan fingerprint density at radius 3 is 2.30 bits per heavy atom. The molecule has 3 rings (SSSR count). The molecule has 0 aromatic carbocycles. The Morgan fingerprint density at radius 2 is 1.74 bits per heavy atom. The van der Waals surface area contributed by atoms with Gasteiger partial charge in [0.15, 0.2) is 0 Å². The van der Waals surface area contributed by atoms with E-state index in [1.165, 1.54) is 6.07 Å². The molecule has 1 atom stereocenters. The molecule has 2 heterocycles. The van der Waals surface area contributed by atoms with Crippen molar-refractivity contribution in [3.05, 3.63) is 48.7 Å². The van der Waals surface area contributed by atoms with E-state index in [-0.39, 0.29) is 15.0 Å². The first-order valence-corrected chi connectivity index (χ1v) is 8.77. The van der Waals surface area contributed by atoms with Crippen LogP contribution < -0.4 is 5.32 Å². The van der Waals surface area contributed by atoms with Crippen LogP contribution in [0, 0.1) is 25.0 Å². The van der Waals surface area contributed by atoms with Crippen molar-refractivity contribution >= 4 is 51.0 Å². The van der Waals surface area contributed by atoms with E-state index >= 15 is 0 Å². The van der Waals surface area contributed by atoms with Crippen LogP contribution in [0.3, 0.4) is 0 Å². The fraction of sp³-hybridized carbons (Fsp3) is 0.286. The largest absolute Gasteiger partial charge is 0.386 e. The topological polar surface area (TPSA) is 58.0 Å². The van der Waals surface area contributed by atoms with Crippen molar-refractivity contribution in [2.24, 2.45) is 0 Å². The normalized spacial score (nSPS) is 17.0. The molecule has 23 heavy (non-hydrogen) atoms. The third-order valence-corrected chi connectivity index (χ3v) is 5.17. The zero-order chi connectivity index (χ0) is 16.8. The van der Waals surface area contributed by atoms with E-state index in [0.717, 1.165) is 6.07 Å². The SMILES string of the molecule is OC(c1c(I)cc(F)nc1F)C1(Nc2cc(I)cc(F)n2)CC1. The van der Waals surface area contributed by atoms with Crippen LogP contribution in [0.25, 0.3) is 0 Å². The molecule has 2 N–H and O–H groups in total. The lowest BCUT2D eigenvalue weighted by Crippen LogP contribution is -2.31. The minimum absolute atomic E-state index is 0.0666. The number of rotatable bonds is 4. The number of hydrogen-bond donors (Lipinski definition) is 2. The third-order valence-electron chi connectivity index (χ3n) is 3.65. The number of nitrogens with zero attached hydrogens (tertiary/aromatic N) is 2. The molecule has 2 aromatic heterocycles. The van der Waals surface area contributed by atoms with Crippen molar-refractivity contribution in [1.29, 1.82) is 0 Å². The maximum Gasteiger partial charge on any atom is 0.222 e. The van der Waals surface area contributed by atoms with Crippen LogP contribution in [0.2, 0.25) is 0 Å². The Balaban J connectivity index is 1.91. The molecule has 0 bridgehead atoms. The molecule has 0 saturated heterocycles. The Labute approximate surface area is 157 Å². The molecule has 2 aromatic rings. The monoisotopic (exact) mass is 547 g/mol. The van der Waals surface area contributed by atoms with Crippen molar-refractivity contribution in [3.8, 4) is 0 Å². The van der Waals surface area contributed by atoms with Gasteiger partial charge in [0, 0.05) is 19.3 Å². The van der Waals surface area contributed by atoms with Gasteiger partial charge < -0.3 is 10.4 Å². The summed E-state index contributed by atoms with van der Waals surface area (Å²) in [6.45, 7) is 0. The van der Waals surface area contributed by atoms with Crippen molar-refractivity contribution < 1.29 is 18.3 Å². The predicted molar refractivity (Wildman–Crippen MR) is 94.3 cm³/mol. The highest BCUT2D eigenvalue weighted by molar-refractivity contribution is 14.1. The number of hydrogen-bond acceptors (Lipinski definition) is 4. The number of anilines is 1. The van der Waals surface area contributed by atoms with Crippen LogP contribution in [0.5, 0.6) is 0 Å². The summed E-state index contributed by atoms with van der Waals surface area (Å²) in [5, 5.41) is 13.6. The van der Waals surface area contributed by atoms with Crippen LogP contribution >= 0.6 is 45.2 Å². The molecule has 1 aliphatic carbocycles. The second-order valence-electron chi connectivity index (χ2n) is 5.31. The van der Waals surface area contributed by atoms with Gasteiger partial charge in [-0.25, -0.2) is 4.98 Å². The summed E-state index contributed by atoms with van der Waals surface area (Å²) in [5.74, 6) is -2.37. The van der Waals surface area contributed by atoms with Crippen molar-refractivity contribution in [2.45, 2.75) is 24.5 Å². The number of aliphatic hydroxyl groups excluding tert-OH is 1. The summed E-state index contributed by atoms with van der Waals surface area (Å²) in [7, 11) is 0. The lowest BCUT2D eigenvalue weighted by Gasteiger charge is -2.25. The highest BCUT2D eigenvalue weighted by Crippen LogP contribution is 2.49. The first kappa shape index (κ1) is 17.1. The molecular formula is C14H10F3I2N3O. The zero-order valence-electron chi connectivity index (χ0n) is 11.5. The van der Waals surface area contributed by atoms with Gasteiger partial charge in [0.2, 0.25) is 17.8 Å². The molecule has 0 radical (unpaired) electrons. The average Bonchev–Trinajstić information content (AvgIpc) is 3.16. The van der Waals surface area contributed by atoms with Gasteiger partial charge in [0.05, 0.1) is 11.1 Å². The second kappa shape index (κ2) is 6.31. The summed E-state index contributed by atoms with van der Waals surface area (Å²) in [4.78, 5) is 6.86. The number of nitrogens with one attached hydrogen (secondary N) is 1. The van der Waals surface area contributed by atoms with E-state index < -0.39 is 29.5 Å². The van der Waals surface area contributed by atoms with Gasteiger partial charge >= 0.3 is 0 Å². The third kappa shape index (κ3) is 3.55. The maximum absolute atomic E-state index is 14.0. The van der Waals surface area contributed by atoms with E-state index in [4.69, 9.17) is 0 Å². The van der Waals surface area contributed by atoms with Crippen LogP contribution in [-0.4, -0.2) is 20.6 Å². The fourth-order valence-electron chi connectivity index (χ4n) is 2.37. The molecule has 122 valence electrons. The van der Waals surface area contributed by atoms with Crippen LogP contribution in [0.4, 0.5) is 19.0 Å². The standard InChI is InChI=1S/C14H10F3I2N3O/c15-8-3-6(18)4-10(20-8)22-14(1-2-14)12(23)11-7(19)5-9(16)21-13(11)17/h3-5,12,23H,1-2H2,(H,20,22). The highest BCUT2D eigenvalue weighted by Gasteiger charge is 2.51. The van der Waals surface area contributed by atoms with Gasteiger partial charge in [-0.2, -0.15) is 18.2 Å². The van der Waals surface area contributed by atoms with Gasteiger partial charge in [-0.1, -0.05) is 0 Å². The quantitative estimate of drug-likeness (QED) is 0.453. The molecule has 4 nitrogen and oxygen atoms in total. The van der Waals surface area contributed by atoms with Crippen LogP contribution in [0.1, 0.15) is 24.5 Å². The number of halogens is 5. The molecular weight excluding hydrogens is 537 g/mol. The Hall–Kier alpha value is -0.690.